The molecule has 0 aromatic heterocycles. The first-order chi connectivity index (χ1) is 7.56. The molecule has 0 saturated heterocycles. The second kappa shape index (κ2) is 5.36. The first-order valence-electron chi connectivity index (χ1n) is 4.63. The molecule has 16 heavy (non-hydrogen) atoms. The quantitative estimate of drug-likeness (QED) is 0.458. The first-order valence-corrected chi connectivity index (χ1v) is 4.63. The van der Waals surface area contributed by atoms with Gasteiger partial charge < -0.3 is 11.1 Å². The molecular formula is C9H11F2N3O2. The number of nitro benzene ring substituents is 1. The number of nitrogens with zero attached hydrogens (tertiary/aromatic N) is 1. The maximum atomic E-state index is 13.3. The summed E-state index contributed by atoms with van der Waals surface area (Å²) in [6.45, 7) is 0.670. The van der Waals surface area contributed by atoms with E-state index in [1.54, 1.807) is 0 Å². The highest BCUT2D eigenvalue weighted by molar-refractivity contribution is 5.62. The van der Waals surface area contributed by atoms with Gasteiger partial charge in [-0.25, -0.2) is 8.78 Å². The normalized spacial score (nSPS) is 10.2. The second-order valence-electron chi connectivity index (χ2n) is 3.11. The summed E-state index contributed by atoms with van der Waals surface area (Å²) in [6.07, 6.45) is 0.536. The Bertz CT molecular complexity index is 399. The lowest BCUT2D eigenvalue weighted by atomic mass is 10.2. The highest BCUT2D eigenvalue weighted by Gasteiger charge is 2.19. The zero-order valence-electron chi connectivity index (χ0n) is 8.37. The van der Waals surface area contributed by atoms with Gasteiger partial charge in [-0.05, 0) is 13.0 Å². The maximum absolute atomic E-state index is 13.3. The molecule has 0 bridgehead atoms. The monoisotopic (exact) mass is 231 g/mol. The lowest BCUT2D eigenvalue weighted by Crippen LogP contribution is -2.11. The smallest absolute Gasteiger partial charge is 0.298 e. The van der Waals surface area contributed by atoms with Gasteiger partial charge in [0.05, 0.1) is 11.0 Å². The van der Waals surface area contributed by atoms with Crippen molar-refractivity contribution < 1.29 is 13.7 Å². The first kappa shape index (κ1) is 12.3. The molecule has 0 amide bonds. The number of hydrogen-bond donors (Lipinski definition) is 2. The molecular weight excluding hydrogens is 220 g/mol. The summed E-state index contributed by atoms with van der Waals surface area (Å²) in [5.74, 6) is -1.96. The summed E-state index contributed by atoms with van der Waals surface area (Å²) < 4.78 is 26.0. The Morgan fingerprint density at radius 1 is 1.44 bits per heavy atom. The third kappa shape index (κ3) is 2.86. The number of nitro groups is 1. The van der Waals surface area contributed by atoms with Gasteiger partial charge in [-0.2, -0.15) is 0 Å². The number of hydrogen-bond acceptors (Lipinski definition) is 4. The van der Waals surface area contributed by atoms with E-state index in [-0.39, 0.29) is 5.69 Å². The van der Waals surface area contributed by atoms with Gasteiger partial charge in [-0.1, -0.05) is 0 Å². The zero-order chi connectivity index (χ0) is 12.1. The van der Waals surface area contributed by atoms with Crippen molar-refractivity contribution in [2.24, 2.45) is 5.73 Å². The molecule has 7 heteroatoms. The molecule has 5 nitrogen and oxygen atoms in total. The van der Waals surface area contributed by atoms with Crippen LogP contribution in [0.15, 0.2) is 12.1 Å². The van der Waals surface area contributed by atoms with Crippen molar-refractivity contribution >= 4 is 11.4 Å². The van der Waals surface area contributed by atoms with Crippen LogP contribution < -0.4 is 11.1 Å². The van der Waals surface area contributed by atoms with E-state index in [0.717, 1.165) is 0 Å². The van der Waals surface area contributed by atoms with Crippen LogP contribution in [-0.4, -0.2) is 18.0 Å². The lowest BCUT2D eigenvalue weighted by Gasteiger charge is -2.07. The average molecular weight is 231 g/mol. The summed E-state index contributed by atoms with van der Waals surface area (Å²) >= 11 is 0. The second-order valence-corrected chi connectivity index (χ2v) is 3.11. The Hall–Kier alpha value is -1.76. The van der Waals surface area contributed by atoms with E-state index < -0.39 is 22.2 Å². The topological polar surface area (TPSA) is 81.2 Å². The molecule has 1 rings (SSSR count). The average Bonchev–Trinajstić information content (AvgIpc) is 2.20. The maximum Gasteiger partial charge on any atom is 0.298 e. The van der Waals surface area contributed by atoms with Crippen molar-refractivity contribution in [3.63, 3.8) is 0 Å². The molecule has 0 aliphatic carbocycles. The van der Waals surface area contributed by atoms with Crippen molar-refractivity contribution in [1.82, 2.24) is 0 Å². The molecule has 0 atom stereocenters. The van der Waals surface area contributed by atoms with E-state index >= 15 is 0 Å². The molecule has 1 aromatic carbocycles. The number of anilines is 1. The predicted molar refractivity (Wildman–Crippen MR) is 55.2 cm³/mol. The molecule has 0 fully saturated rings. The highest BCUT2D eigenvalue weighted by Crippen LogP contribution is 2.28. The van der Waals surface area contributed by atoms with E-state index in [1.807, 2.05) is 0 Å². The van der Waals surface area contributed by atoms with Crippen LogP contribution in [0.5, 0.6) is 0 Å². The van der Waals surface area contributed by atoms with Crippen LogP contribution in [0.3, 0.4) is 0 Å². The Kier molecular flexibility index (Phi) is 4.12. The summed E-state index contributed by atoms with van der Waals surface area (Å²) in [6, 6.07) is 1.27. The van der Waals surface area contributed by atoms with Crippen LogP contribution >= 0.6 is 0 Å². The SMILES string of the molecule is NCCCNc1c(F)cc(F)cc1[N+](=O)[O-]. The van der Waals surface area contributed by atoms with Gasteiger partial charge in [-0.3, -0.25) is 10.1 Å². The van der Waals surface area contributed by atoms with E-state index in [9.17, 15) is 18.9 Å². The molecule has 1 aromatic rings. The Morgan fingerprint density at radius 2 is 2.12 bits per heavy atom. The van der Waals surface area contributed by atoms with E-state index in [4.69, 9.17) is 5.73 Å². The third-order valence-corrected chi connectivity index (χ3v) is 1.91. The number of halogens is 2. The molecule has 0 heterocycles. The van der Waals surface area contributed by atoms with E-state index in [1.165, 1.54) is 0 Å². The highest BCUT2D eigenvalue weighted by atomic mass is 19.1. The fraction of sp³-hybridized carbons (Fsp3) is 0.333. The standard InChI is InChI=1S/C9H11F2N3O2/c10-6-4-7(11)9(13-3-1-2-12)8(5-6)14(15)16/h4-5,13H,1-3,12H2. The van der Waals surface area contributed by atoms with Gasteiger partial charge in [-0.15, -0.1) is 0 Å². The number of rotatable bonds is 5. The van der Waals surface area contributed by atoms with Crippen molar-refractivity contribution in [2.45, 2.75) is 6.42 Å². The Balaban J connectivity index is 2.99. The Labute approximate surface area is 90.4 Å². The molecule has 0 spiro atoms. The largest absolute Gasteiger partial charge is 0.377 e. The number of nitrogens with two attached hydrogens (primary N) is 1. The molecule has 0 saturated carbocycles. The van der Waals surface area contributed by atoms with E-state index in [2.05, 4.69) is 5.32 Å². The van der Waals surface area contributed by atoms with Crippen LogP contribution in [0.1, 0.15) is 6.42 Å². The molecule has 0 aliphatic rings. The summed E-state index contributed by atoms with van der Waals surface area (Å²) in [4.78, 5) is 9.73. The van der Waals surface area contributed by atoms with Gasteiger partial charge >= 0.3 is 0 Å². The molecule has 0 unspecified atom stereocenters. The van der Waals surface area contributed by atoms with Gasteiger partial charge in [0.15, 0.2) is 5.82 Å². The van der Waals surface area contributed by atoms with Crippen molar-refractivity contribution in [3.05, 3.63) is 33.9 Å². The minimum atomic E-state index is -0.983. The zero-order valence-corrected chi connectivity index (χ0v) is 8.37. The van der Waals surface area contributed by atoms with Crippen molar-refractivity contribution in [2.75, 3.05) is 18.4 Å². The predicted octanol–water partition coefficient (Wildman–Crippen LogP) is 1.63. The van der Waals surface area contributed by atoms with Gasteiger partial charge in [0.2, 0.25) is 0 Å². The fourth-order valence-corrected chi connectivity index (χ4v) is 1.19. The minimum absolute atomic E-state index is 0.292. The van der Waals surface area contributed by atoms with E-state index in [0.29, 0.717) is 31.6 Å². The van der Waals surface area contributed by atoms with Crippen LogP contribution in [0.2, 0.25) is 0 Å². The van der Waals surface area contributed by atoms with Crippen molar-refractivity contribution in [1.29, 1.82) is 0 Å². The third-order valence-electron chi connectivity index (χ3n) is 1.91. The number of nitrogens with one attached hydrogen (secondary N) is 1. The number of benzene rings is 1. The minimum Gasteiger partial charge on any atom is -0.377 e. The van der Waals surface area contributed by atoms with Crippen LogP contribution in [0.25, 0.3) is 0 Å². The molecule has 88 valence electrons. The molecule has 3 N–H and O–H groups in total. The molecule has 0 radical (unpaired) electrons. The summed E-state index contributed by atoms with van der Waals surface area (Å²) in [5.41, 5.74) is 4.30. The molecule has 0 aliphatic heterocycles. The Morgan fingerprint density at radius 3 is 2.69 bits per heavy atom. The van der Waals surface area contributed by atoms with Gasteiger partial charge in [0, 0.05) is 12.6 Å². The van der Waals surface area contributed by atoms with Crippen LogP contribution in [-0.2, 0) is 0 Å². The summed E-state index contributed by atoms with van der Waals surface area (Å²) in [7, 11) is 0. The van der Waals surface area contributed by atoms with Crippen LogP contribution in [0.4, 0.5) is 20.2 Å². The van der Waals surface area contributed by atoms with Crippen LogP contribution in [0, 0.1) is 21.7 Å². The van der Waals surface area contributed by atoms with Gasteiger partial charge in [0.1, 0.15) is 11.5 Å². The summed E-state index contributed by atoms with van der Waals surface area (Å²) in [5, 5.41) is 13.1. The van der Waals surface area contributed by atoms with Crippen molar-refractivity contribution in [3.8, 4) is 0 Å². The fourth-order valence-electron chi connectivity index (χ4n) is 1.19. The lowest BCUT2D eigenvalue weighted by molar-refractivity contribution is -0.384. The van der Waals surface area contributed by atoms with Gasteiger partial charge in [0.25, 0.3) is 5.69 Å².